The predicted molar refractivity (Wildman–Crippen MR) is 97.1 cm³/mol. The number of ether oxygens (including phenoxy) is 1. The van der Waals surface area contributed by atoms with Crippen molar-refractivity contribution in [2.75, 3.05) is 11.0 Å². The minimum Gasteiger partial charge on any atom is -0.454 e. The standard InChI is InChI=1S/C14H12Cl2N2O5S2/c1-24(20)18-12-4-3-10(25(21,22)17-8-19)7-14(12)23-13-5-2-9(15)6-11(13)16/h2-8,18H,1H3,(H,17,19). The fourth-order valence-corrected chi connectivity index (χ4v) is 3.50. The molecule has 11 heteroatoms. The molecule has 1 amide bonds. The van der Waals surface area contributed by atoms with Crippen LogP contribution in [0, 0.1) is 0 Å². The second kappa shape index (κ2) is 8.05. The van der Waals surface area contributed by atoms with Crippen LogP contribution in [0.4, 0.5) is 5.69 Å². The first-order chi connectivity index (χ1) is 11.7. The second-order valence-corrected chi connectivity index (χ2v) is 8.30. The maximum atomic E-state index is 12.0. The summed E-state index contributed by atoms with van der Waals surface area (Å²) in [5.41, 5.74) is 0.275. The molecule has 0 saturated carbocycles. The van der Waals surface area contributed by atoms with E-state index >= 15 is 0 Å². The number of carbonyl (C=O) groups is 1. The van der Waals surface area contributed by atoms with Crippen LogP contribution in [0.3, 0.4) is 0 Å². The topological polar surface area (TPSA) is 102 Å². The van der Waals surface area contributed by atoms with Crippen molar-refractivity contribution in [1.82, 2.24) is 4.72 Å². The number of anilines is 1. The van der Waals surface area contributed by atoms with E-state index in [4.69, 9.17) is 27.9 Å². The van der Waals surface area contributed by atoms with Crippen LogP contribution in [-0.4, -0.2) is 25.3 Å². The zero-order valence-electron chi connectivity index (χ0n) is 12.7. The summed E-state index contributed by atoms with van der Waals surface area (Å²) in [5, 5.41) is 0.604. The molecule has 0 spiro atoms. The molecule has 2 rings (SSSR count). The molecule has 7 nitrogen and oxygen atoms in total. The molecule has 1 unspecified atom stereocenters. The molecular weight excluding hydrogens is 411 g/mol. The van der Waals surface area contributed by atoms with Gasteiger partial charge in [-0.25, -0.2) is 12.6 Å². The summed E-state index contributed by atoms with van der Waals surface area (Å²) in [7, 11) is -5.47. The third-order valence-electron chi connectivity index (χ3n) is 2.83. The number of sulfonamides is 1. The minimum absolute atomic E-state index is 0.0493. The van der Waals surface area contributed by atoms with Crippen molar-refractivity contribution < 1.29 is 22.2 Å². The van der Waals surface area contributed by atoms with Gasteiger partial charge in [-0.1, -0.05) is 23.2 Å². The Hall–Kier alpha value is -1.81. The van der Waals surface area contributed by atoms with E-state index in [-0.39, 0.29) is 33.5 Å². The molecule has 1 atom stereocenters. The van der Waals surface area contributed by atoms with Crippen LogP contribution < -0.4 is 14.2 Å². The minimum atomic E-state index is -4.04. The summed E-state index contributed by atoms with van der Waals surface area (Å²) in [5.74, 6) is 0.266. The van der Waals surface area contributed by atoms with Gasteiger partial charge in [-0.05, 0) is 30.3 Å². The SMILES string of the molecule is CS(=O)Nc1ccc(S(=O)(=O)NC=O)cc1Oc1ccc(Cl)cc1Cl. The van der Waals surface area contributed by atoms with Crippen LogP contribution in [0.5, 0.6) is 11.5 Å². The summed E-state index contributed by atoms with van der Waals surface area (Å²) in [6.07, 6.45) is 1.46. The highest BCUT2D eigenvalue weighted by molar-refractivity contribution is 7.90. The molecule has 0 saturated heterocycles. The number of hydrogen-bond donors (Lipinski definition) is 2. The van der Waals surface area contributed by atoms with Gasteiger partial charge in [0.2, 0.25) is 6.41 Å². The lowest BCUT2D eigenvalue weighted by molar-refractivity contribution is -0.108. The zero-order chi connectivity index (χ0) is 18.6. The number of halogens is 2. The molecule has 134 valence electrons. The van der Waals surface area contributed by atoms with Crippen LogP contribution in [0.15, 0.2) is 41.3 Å². The smallest absolute Gasteiger partial charge is 0.263 e. The summed E-state index contributed by atoms with van der Waals surface area (Å²) < 4.78 is 45.3. The van der Waals surface area contributed by atoms with Gasteiger partial charge >= 0.3 is 0 Å². The average Bonchev–Trinajstić information content (AvgIpc) is 2.51. The second-order valence-electron chi connectivity index (χ2n) is 4.63. The van der Waals surface area contributed by atoms with E-state index in [1.54, 1.807) is 10.8 Å². The van der Waals surface area contributed by atoms with Crippen molar-refractivity contribution in [1.29, 1.82) is 0 Å². The first-order valence-electron chi connectivity index (χ1n) is 6.56. The number of nitrogens with one attached hydrogen (secondary N) is 2. The van der Waals surface area contributed by atoms with E-state index in [1.165, 1.54) is 36.6 Å². The Morgan fingerprint density at radius 3 is 2.44 bits per heavy atom. The lowest BCUT2D eigenvalue weighted by atomic mass is 10.3. The molecular formula is C14H12Cl2N2O5S2. The first-order valence-corrected chi connectivity index (χ1v) is 10.4. The van der Waals surface area contributed by atoms with E-state index in [1.807, 2.05) is 0 Å². The van der Waals surface area contributed by atoms with Crippen molar-refractivity contribution in [2.45, 2.75) is 4.90 Å². The Kier molecular flexibility index (Phi) is 6.28. The van der Waals surface area contributed by atoms with Gasteiger partial charge in [-0.15, -0.1) is 0 Å². The number of carbonyl (C=O) groups excluding carboxylic acids is 1. The van der Waals surface area contributed by atoms with E-state index < -0.39 is 21.0 Å². The third kappa shape index (κ3) is 5.08. The molecule has 0 bridgehead atoms. The number of amides is 1. The maximum Gasteiger partial charge on any atom is 0.263 e. The third-order valence-corrected chi connectivity index (χ3v) is 5.15. The lowest BCUT2D eigenvalue weighted by Gasteiger charge is -2.14. The van der Waals surface area contributed by atoms with E-state index in [9.17, 15) is 17.4 Å². The average molecular weight is 423 g/mol. The number of rotatable bonds is 7. The molecule has 0 aliphatic heterocycles. The van der Waals surface area contributed by atoms with Gasteiger partial charge in [0.25, 0.3) is 10.0 Å². The highest BCUT2D eigenvalue weighted by atomic mass is 35.5. The summed E-state index contributed by atoms with van der Waals surface area (Å²) >= 11 is 11.9. The van der Waals surface area contributed by atoms with Crippen molar-refractivity contribution in [2.24, 2.45) is 0 Å². The van der Waals surface area contributed by atoms with E-state index in [2.05, 4.69) is 4.72 Å². The molecule has 2 aromatic carbocycles. The Balaban J connectivity index is 2.51. The highest BCUT2D eigenvalue weighted by Gasteiger charge is 2.17. The fourth-order valence-electron chi connectivity index (χ4n) is 1.80. The summed E-state index contributed by atoms with van der Waals surface area (Å²) in [6.45, 7) is 0. The van der Waals surface area contributed by atoms with Gasteiger partial charge in [0.1, 0.15) is 16.7 Å². The maximum absolute atomic E-state index is 12.0. The molecule has 2 aromatic rings. The van der Waals surface area contributed by atoms with Gasteiger partial charge in [-0.3, -0.25) is 9.52 Å². The zero-order valence-corrected chi connectivity index (χ0v) is 15.8. The Morgan fingerprint density at radius 1 is 1.12 bits per heavy atom. The van der Waals surface area contributed by atoms with Crippen LogP contribution in [0.25, 0.3) is 0 Å². The molecule has 0 radical (unpaired) electrons. The molecule has 25 heavy (non-hydrogen) atoms. The van der Waals surface area contributed by atoms with Crippen LogP contribution in [-0.2, 0) is 25.8 Å². The molecule has 2 N–H and O–H groups in total. The Labute approximate surface area is 156 Å². The molecule has 0 aromatic heterocycles. The summed E-state index contributed by atoms with van der Waals surface area (Å²) in [4.78, 5) is 10.2. The molecule has 0 heterocycles. The van der Waals surface area contributed by atoms with Crippen LogP contribution >= 0.6 is 23.2 Å². The number of benzene rings is 2. The lowest BCUT2D eigenvalue weighted by Crippen LogP contribution is -2.21. The van der Waals surface area contributed by atoms with Gasteiger partial charge < -0.3 is 9.46 Å². The van der Waals surface area contributed by atoms with Gasteiger partial charge in [0.05, 0.1) is 15.6 Å². The quantitative estimate of drug-likeness (QED) is 0.667. The van der Waals surface area contributed by atoms with E-state index in [0.717, 1.165) is 0 Å². The van der Waals surface area contributed by atoms with Crippen molar-refractivity contribution in [3.63, 3.8) is 0 Å². The van der Waals surface area contributed by atoms with Crippen LogP contribution in [0.2, 0.25) is 10.0 Å². The largest absolute Gasteiger partial charge is 0.454 e. The number of hydrogen-bond acceptors (Lipinski definition) is 5. The van der Waals surface area contributed by atoms with E-state index in [0.29, 0.717) is 5.02 Å². The van der Waals surface area contributed by atoms with Crippen LogP contribution in [0.1, 0.15) is 0 Å². The first kappa shape index (κ1) is 19.5. The fraction of sp³-hybridized carbons (Fsp3) is 0.0714. The van der Waals surface area contributed by atoms with Crippen molar-refractivity contribution in [3.05, 3.63) is 46.4 Å². The van der Waals surface area contributed by atoms with Gasteiger partial charge in [-0.2, -0.15) is 0 Å². The normalized spacial score (nSPS) is 12.3. The van der Waals surface area contributed by atoms with Gasteiger partial charge in [0.15, 0.2) is 5.75 Å². The predicted octanol–water partition coefficient (Wildman–Crippen LogP) is 2.93. The Bertz CT molecular complexity index is 935. The highest BCUT2D eigenvalue weighted by Crippen LogP contribution is 2.36. The molecule has 0 aliphatic rings. The van der Waals surface area contributed by atoms with Crippen molar-refractivity contribution in [3.8, 4) is 11.5 Å². The van der Waals surface area contributed by atoms with Gasteiger partial charge in [0, 0.05) is 17.3 Å². The molecule has 0 aliphatic carbocycles. The Morgan fingerprint density at radius 2 is 1.84 bits per heavy atom. The van der Waals surface area contributed by atoms with Crippen molar-refractivity contribution >= 4 is 56.3 Å². The monoisotopic (exact) mass is 422 g/mol. The molecule has 0 fully saturated rings. The summed E-state index contributed by atoms with van der Waals surface area (Å²) in [6, 6.07) is 8.27.